The molecule has 1 aliphatic heterocycles. The molecule has 0 amide bonds. The Balaban J connectivity index is 1.86. The van der Waals surface area contributed by atoms with E-state index in [2.05, 4.69) is 19.2 Å². The Morgan fingerprint density at radius 1 is 1.36 bits per heavy atom. The van der Waals surface area contributed by atoms with Crippen molar-refractivity contribution in [2.75, 3.05) is 6.61 Å². The quantitative estimate of drug-likeness (QED) is 0.733. The summed E-state index contributed by atoms with van der Waals surface area (Å²) in [6, 6.07) is 1.20. The van der Waals surface area contributed by atoms with Gasteiger partial charge in [-0.3, -0.25) is 0 Å². The zero-order chi connectivity index (χ0) is 9.97. The third-order valence-electron chi connectivity index (χ3n) is 3.65. The van der Waals surface area contributed by atoms with E-state index in [-0.39, 0.29) is 0 Å². The van der Waals surface area contributed by atoms with Gasteiger partial charge in [-0.15, -0.1) is 0 Å². The zero-order valence-corrected chi connectivity index (χ0v) is 9.46. The first-order valence-electron chi connectivity index (χ1n) is 6.17. The SMILES string of the molecule is CCCC1CCC2OCC(C)NC2C1. The van der Waals surface area contributed by atoms with Crippen LogP contribution < -0.4 is 5.32 Å². The third-order valence-corrected chi connectivity index (χ3v) is 3.65. The monoisotopic (exact) mass is 197 g/mol. The molecule has 0 radical (unpaired) electrons. The standard InChI is InChI=1S/C12H23NO/c1-3-4-10-5-6-12-11(7-10)13-9(2)8-14-12/h9-13H,3-8H2,1-2H3. The summed E-state index contributed by atoms with van der Waals surface area (Å²) < 4.78 is 5.86. The summed E-state index contributed by atoms with van der Waals surface area (Å²) in [6.07, 6.45) is 7.24. The first kappa shape index (κ1) is 10.4. The van der Waals surface area contributed by atoms with Crippen molar-refractivity contribution in [3.8, 4) is 0 Å². The van der Waals surface area contributed by atoms with E-state index in [9.17, 15) is 0 Å². The van der Waals surface area contributed by atoms with Crippen molar-refractivity contribution in [1.29, 1.82) is 0 Å². The maximum atomic E-state index is 5.86. The van der Waals surface area contributed by atoms with E-state index >= 15 is 0 Å². The van der Waals surface area contributed by atoms with Crippen LogP contribution in [0, 0.1) is 5.92 Å². The van der Waals surface area contributed by atoms with Crippen LogP contribution in [0.3, 0.4) is 0 Å². The van der Waals surface area contributed by atoms with Crippen molar-refractivity contribution in [3.63, 3.8) is 0 Å². The molecule has 1 heterocycles. The van der Waals surface area contributed by atoms with Gasteiger partial charge in [0.1, 0.15) is 0 Å². The number of fused-ring (bicyclic) bond motifs is 1. The number of morpholine rings is 1. The first-order chi connectivity index (χ1) is 6.79. The molecule has 2 rings (SSSR count). The summed E-state index contributed by atoms with van der Waals surface area (Å²) in [5.74, 6) is 0.947. The zero-order valence-electron chi connectivity index (χ0n) is 9.46. The van der Waals surface area contributed by atoms with Crippen LogP contribution in [-0.4, -0.2) is 24.8 Å². The number of hydrogen-bond donors (Lipinski definition) is 1. The number of hydrogen-bond acceptors (Lipinski definition) is 2. The van der Waals surface area contributed by atoms with Gasteiger partial charge in [0.15, 0.2) is 0 Å². The van der Waals surface area contributed by atoms with Crippen LogP contribution in [0.4, 0.5) is 0 Å². The molecule has 2 fully saturated rings. The topological polar surface area (TPSA) is 21.3 Å². The molecule has 0 bridgehead atoms. The van der Waals surface area contributed by atoms with Gasteiger partial charge in [0.05, 0.1) is 12.7 Å². The molecule has 1 saturated heterocycles. The van der Waals surface area contributed by atoms with Gasteiger partial charge in [-0.05, 0) is 32.1 Å². The molecular formula is C12H23NO. The molecule has 1 aliphatic carbocycles. The minimum Gasteiger partial charge on any atom is -0.375 e. The highest BCUT2D eigenvalue weighted by atomic mass is 16.5. The summed E-state index contributed by atoms with van der Waals surface area (Å²) in [7, 11) is 0. The normalized spacial score (nSPS) is 43.3. The van der Waals surface area contributed by atoms with Gasteiger partial charge in [0.25, 0.3) is 0 Å². The van der Waals surface area contributed by atoms with Gasteiger partial charge < -0.3 is 10.1 Å². The predicted molar refractivity (Wildman–Crippen MR) is 58.4 cm³/mol. The molecule has 2 heteroatoms. The van der Waals surface area contributed by atoms with E-state index in [1.165, 1.54) is 32.1 Å². The van der Waals surface area contributed by atoms with Gasteiger partial charge in [-0.2, -0.15) is 0 Å². The lowest BCUT2D eigenvalue weighted by molar-refractivity contribution is -0.0521. The summed E-state index contributed by atoms with van der Waals surface area (Å²) in [6.45, 7) is 5.42. The van der Waals surface area contributed by atoms with Crippen LogP contribution in [-0.2, 0) is 4.74 Å². The van der Waals surface area contributed by atoms with Crippen molar-refractivity contribution in [2.24, 2.45) is 5.92 Å². The van der Waals surface area contributed by atoms with Crippen molar-refractivity contribution >= 4 is 0 Å². The Hall–Kier alpha value is -0.0800. The van der Waals surface area contributed by atoms with Gasteiger partial charge in [0.2, 0.25) is 0 Å². The van der Waals surface area contributed by atoms with Crippen molar-refractivity contribution in [1.82, 2.24) is 5.32 Å². The average Bonchev–Trinajstić information content (AvgIpc) is 2.17. The molecule has 2 aliphatic rings. The molecule has 0 spiro atoms. The molecular weight excluding hydrogens is 174 g/mol. The second-order valence-electron chi connectivity index (χ2n) is 5.01. The molecule has 1 saturated carbocycles. The fraction of sp³-hybridized carbons (Fsp3) is 1.00. The summed E-state index contributed by atoms with van der Waals surface area (Å²) >= 11 is 0. The Morgan fingerprint density at radius 3 is 3.00 bits per heavy atom. The fourth-order valence-electron chi connectivity index (χ4n) is 2.96. The molecule has 82 valence electrons. The van der Waals surface area contributed by atoms with Crippen molar-refractivity contribution < 1.29 is 4.74 Å². The molecule has 1 N–H and O–H groups in total. The number of rotatable bonds is 2. The Morgan fingerprint density at radius 2 is 2.21 bits per heavy atom. The highest BCUT2D eigenvalue weighted by molar-refractivity contribution is 4.90. The Bertz CT molecular complexity index is 183. The molecule has 4 unspecified atom stereocenters. The Labute approximate surface area is 87.4 Å². The lowest BCUT2D eigenvalue weighted by atomic mass is 9.80. The molecule has 2 nitrogen and oxygen atoms in total. The summed E-state index contributed by atoms with van der Waals surface area (Å²) in [5.41, 5.74) is 0. The lowest BCUT2D eigenvalue weighted by Crippen LogP contribution is -2.55. The van der Waals surface area contributed by atoms with E-state index in [1.807, 2.05) is 0 Å². The maximum absolute atomic E-state index is 5.86. The molecule has 0 aromatic heterocycles. The van der Waals surface area contributed by atoms with E-state index < -0.39 is 0 Å². The number of nitrogens with one attached hydrogen (secondary N) is 1. The molecule has 4 atom stereocenters. The highest BCUT2D eigenvalue weighted by Crippen LogP contribution is 2.31. The van der Waals surface area contributed by atoms with Gasteiger partial charge in [0, 0.05) is 12.1 Å². The highest BCUT2D eigenvalue weighted by Gasteiger charge is 2.34. The smallest absolute Gasteiger partial charge is 0.0729 e. The second-order valence-corrected chi connectivity index (χ2v) is 5.01. The summed E-state index contributed by atoms with van der Waals surface area (Å²) in [5, 5.41) is 3.68. The minimum atomic E-state index is 0.513. The lowest BCUT2D eigenvalue weighted by Gasteiger charge is -2.42. The van der Waals surface area contributed by atoms with Crippen LogP contribution in [0.15, 0.2) is 0 Å². The van der Waals surface area contributed by atoms with Crippen LogP contribution in [0.1, 0.15) is 46.0 Å². The number of ether oxygens (including phenoxy) is 1. The Kier molecular flexibility index (Phi) is 3.45. The largest absolute Gasteiger partial charge is 0.375 e. The summed E-state index contributed by atoms with van der Waals surface area (Å²) in [4.78, 5) is 0. The van der Waals surface area contributed by atoms with E-state index in [0.29, 0.717) is 18.2 Å². The van der Waals surface area contributed by atoms with Crippen LogP contribution in [0.2, 0.25) is 0 Å². The van der Waals surface area contributed by atoms with Crippen LogP contribution in [0.25, 0.3) is 0 Å². The third kappa shape index (κ3) is 2.29. The first-order valence-corrected chi connectivity index (χ1v) is 6.17. The predicted octanol–water partition coefficient (Wildman–Crippen LogP) is 2.33. The van der Waals surface area contributed by atoms with E-state index in [1.54, 1.807) is 0 Å². The minimum absolute atomic E-state index is 0.513. The second kappa shape index (κ2) is 4.63. The van der Waals surface area contributed by atoms with E-state index in [4.69, 9.17) is 4.74 Å². The molecule has 14 heavy (non-hydrogen) atoms. The maximum Gasteiger partial charge on any atom is 0.0729 e. The fourth-order valence-corrected chi connectivity index (χ4v) is 2.96. The van der Waals surface area contributed by atoms with Crippen LogP contribution >= 0.6 is 0 Å². The van der Waals surface area contributed by atoms with Gasteiger partial charge >= 0.3 is 0 Å². The van der Waals surface area contributed by atoms with Crippen molar-refractivity contribution in [3.05, 3.63) is 0 Å². The molecule has 0 aromatic carbocycles. The average molecular weight is 197 g/mol. The van der Waals surface area contributed by atoms with Gasteiger partial charge in [-0.1, -0.05) is 19.8 Å². The molecule has 0 aromatic rings. The van der Waals surface area contributed by atoms with Gasteiger partial charge in [-0.25, -0.2) is 0 Å². The van der Waals surface area contributed by atoms with Crippen molar-refractivity contribution in [2.45, 2.75) is 64.1 Å². The van der Waals surface area contributed by atoms with Crippen LogP contribution in [0.5, 0.6) is 0 Å². The van der Waals surface area contributed by atoms with E-state index in [0.717, 1.165) is 12.5 Å².